The van der Waals surface area contributed by atoms with Crippen molar-refractivity contribution in [2.24, 2.45) is 0 Å². The number of benzene rings is 12. The van der Waals surface area contributed by atoms with E-state index in [1.165, 1.54) is 87.9 Å². The van der Waals surface area contributed by atoms with Crippen LogP contribution < -0.4 is 4.90 Å². The summed E-state index contributed by atoms with van der Waals surface area (Å²) >= 11 is 0. The van der Waals surface area contributed by atoms with Gasteiger partial charge in [-0.25, -0.2) is 0 Å². The van der Waals surface area contributed by atoms with Crippen LogP contribution in [0.15, 0.2) is 279 Å². The maximum absolute atomic E-state index is 2.42. The predicted molar refractivity (Wildman–Crippen MR) is 298 cm³/mol. The molecule has 1 heterocycles. The zero-order chi connectivity index (χ0) is 46.4. The summed E-state index contributed by atoms with van der Waals surface area (Å²) in [5, 5.41) is 7.49. The fourth-order valence-electron chi connectivity index (χ4n) is 10.6. The van der Waals surface area contributed by atoms with Crippen LogP contribution in [0.4, 0.5) is 17.1 Å². The molecule has 2 nitrogen and oxygen atoms in total. The number of anilines is 3. The molecule has 0 unspecified atom stereocenters. The van der Waals surface area contributed by atoms with E-state index >= 15 is 0 Å². The SMILES string of the molecule is c1ccc(-c2cc(-c3ccccc3)cc(-c3ccc(N(c4ccc(-c5cccc6ccccc56)cc4)c4cccc(-c5cccc6c5c5c7ccccc7ccc5n6-c5ccccc5)c4)cc3)c2)cc1. The number of nitrogens with zero attached hydrogens (tertiary/aromatic N) is 2. The summed E-state index contributed by atoms with van der Waals surface area (Å²) in [6.45, 7) is 0. The summed E-state index contributed by atoms with van der Waals surface area (Å²) in [4.78, 5) is 2.40. The van der Waals surface area contributed by atoms with E-state index in [1.54, 1.807) is 0 Å². The third-order valence-corrected chi connectivity index (χ3v) is 13.9. The molecule has 0 atom stereocenters. The summed E-state index contributed by atoms with van der Waals surface area (Å²) in [5.74, 6) is 0. The smallest absolute Gasteiger partial charge is 0.0547 e. The lowest BCUT2D eigenvalue weighted by atomic mass is 9.93. The van der Waals surface area contributed by atoms with Crippen LogP contribution >= 0.6 is 0 Å². The van der Waals surface area contributed by atoms with Gasteiger partial charge in [-0.05, 0) is 156 Å². The molecule has 0 aliphatic carbocycles. The Hall–Kier alpha value is -9.24. The van der Waals surface area contributed by atoms with E-state index in [4.69, 9.17) is 0 Å². The molecule has 13 rings (SSSR count). The van der Waals surface area contributed by atoms with E-state index in [1.807, 2.05) is 0 Å². The van der Waals surface area contributed by atoms with E-state index in [-0.39, 0.29) is 0 Å². The van der Waals surface area contributed by atoms with E-state index in [0.717, 1.165) is 33.9 Å². The maximum Gasteiger partial charge on any atom is 0.0547 e. The number of fused-ring (bicyclic) bond motifs is 6. The quantitative estimate of drug-likeness (QED) is 0.140. The minimum atomic E-state index is 1.08. The molecule has 0 N–H and O–H groups in total. The second-order valence-corrected chi connectivity index (χ2v) is 18.1. The zero-order valence-corrected chi connectivity index (χ0v) is 38.5. The van der Waals surface area contributed by atoms with Gasteiger partial charge in [-0.15, -0.1) is 0 Å². The van der Waals surface area contributed by atoms with Gasteiger partial charge in [0.2, 0.25) is 0 Å². The van der Waals surface area contributed by atoms with Crippen LogP contribution in [0.3, 0.4) is 0 Å². The summed E-state index contributed by atoms with van der Waals surface area (Å²) < 4.78 is 2.42. The molecular formula is C68H46N2. The highest BCUT2D eigenvalue weighted by Gasteiger charge is 2.20. The first kappa shape index (κ1) is 41.0. The topological polar surface area (TPSA) is 8.17 Å². The van der Waals surface area contributed by atoms with Crippen molar-refractivity contribution >= 4 is 60.4 Å². The Kier molecular flexibility index (Phi) is 10.2. The van der Waals surface area contributed by atoms with Crippen LogP contribution in [0.2, 0.25) is 0 Å². The molecule has 0 saturated carbocycles. The Morgan fingerprint density at radius 1 is 0.243 bits per heavy atom. The van der Waals surface area contributed by atoms with Crippen molar-refractivity contribution in [3.63, 3.8) is 0 Å². The predicted octanol–water partition coefficient (Wildman–Crippen LogP) is 18.9. The monoisotopic (exact) mass is 890 g/mol. The summed E-state index contributed by atoms with van der Waals surface area (Å²) in [7, 11) is 0. The van der Waals surface area contributed by atoms with Crippen LogP contribution in [0, 0.1) is 0 Å². The zero-order valence-electron chi connectivity index (χ0n) is 38.5. The lowest BCUT2D eigenvalue weighted by molar-refractivity contribution is 1.18. The Morgan fingerprint density at radius 3 is 1.37 bits per heavy atom. The van der Waals surface area contributed by atoms with E-state index in [9.17, 15) is 0 Å². The van der Waals surface area contributed by atoms with E-state index in [2.05, 4.69) is 289 Å². The van der Waals surface area contributed by atoms with Crippen LogP contribution in [-0.4, -0.2) is 4.57 Å². The number of hydrogen-bond acceptors (Lipinski definition) is 1. The van der Waals surface area contributed by atoms with Crippen molar-refractivity contribution in [3.05, 3.63) is 279 Å². The normalized spacial score (nSPS) is 11.4. The Bertz CT molecular complexity index is 3960. The molecule has 70 heavy (non-hydrogen) atoms. The Balaban J connectivity index is 0.969. The van der Waals surface area contributed by atoms with Crippen molar-refractivity contribution in [2.45, 2.75) is 0 Å². The average Bonchev–Trinajstić information content (AvgIpc) is 3.79. The Morgan fingerprint density at radius 2 is 0.714 bits per heavy atom. The van der Waals surface area contributed by atoms with Gasteiger partial charge in [-0.2, -0.15) is 0 Å². The summed E-state index contributed by atoms with van der Waals surface area (Å²) in [6, 6.07) is 102. The lowest BCUT2D eigenvalue weighted by Crippen LogP contribution is -2.10. The van der Waals surface area contributed by atoms with Crippen LogP contribution in [0.25, 0.3) is 105 Å². The molecule has 0 aliphatic rings. The van der Waals surface area contributed by atoms with Crippen molar-refractivity contribution in [3.8, 4) is 61.3 Å². The largest absolute Gasteiger partial charge is 0.310 e. The second kappa shape index (κ2) is 17.4. The van der Waals surface area contributed by atoms with Crippen molar-refractivity contribution in [1.29, 1.82) is 0 Å². The number of hydrogen-bond donors (Lipinski definition) is 0. The maximum atomic E-state index is 2.42. The lowest BCUT2D eigenvalue weighted by Gasteiger charge is -2.26. The molecule has 0 aliphatic heterocycles. The van der Waals surface area contributed by atoms with Crippen molar-refractivity contribution in [2.75, 3.05) is 4.90 Å². The van der Waals surface area contributed by atoms with Gasteiger partial charge in [-0.3, -0.25) is 0 Å². The molecule has 2 heteroatoms. The highest BCUT2D eigenvalue weighted by molar-refractivity contribution is 6.25. The van der Waals surface area contributed by atoms with Gasteiger partial charge in [0.05, 0.1) is 11.0 Å². The molecule has 0 amide bonds. The third kappa shape index (κ3) is 7.31. The van der Waals surface area contributed by atoms with Gasteiger partial charge in [0.25, 0.3) is 0 Å². The van der Waals surface area contributed by atoms with E-state index in [0.29, 0.717) is 0 Å². The third-order valence-electron chi connectivity index (χ3n) is 13.9. The van der Waals surface area contributed by atoms with Gasteiger partial charge < -0.3 is 9.47 Å². The van der Waals surface area contributed by atoms with E-state index < -0.39 is 0 Å². The Labute approximate surface area is 408 Å². The standard InChI is InChI=1S/C68H46N2/c1-4-17-47(18-5-1)54-43-55(48-19-6-2-7-20-48)45-56(44-54)49-33-38-58(39-34-49)69(59-40-35-52(36-41-59)62-30-15-23-50-21-10-12-28-61(50)62)60-27-14-24-53(46-60)64-31-16-32-65-68(64)67-63-29-13-11-22-51(63)37-42-66(67)70(65)57-25-8-3-9-26-57/h1-46H. The van der Waals surface area contributed by atoms with Crippen LogP contribution in [-0.2, 0) is 0 Å². The molecular weight excluding hydrogens is 845 g/mol. The first-order valence-electron chi connectivity index (χ1n) is 24.1. The van der Waals surface area contributed by atoms with Gasteiger partial charge >= 0.3 is 0 Å². The van der Waals surface area contributed by atoms with Gasteiger partial charge in [0.15, 0.2) is 0 Å². The first-order valence-corrected chi connectivity index (χ1v) is 24.1. The van der Waals surface area contributed by atoms with Gasteiger partial charge in [-0.1, -0.05) is 200 Å². The van der Waals surface area contributed by atoms with Crippen molar-refractivity contribution in [1.82, 2.24) is 4.57 Å². The highest BCUT2D eigenvalue weighted by Crippen LogP contribution is 2.45. The molecule has 0 fully saturated rings. The van der Waals surface area contributed by atoms with Crippen molar-refractivity contribution < 1.29 is 0 Å². The fraction of sp³-hybridized carbons (Fsp3) is 0. The number of aromatic nitrogens is 1. The molecule has 0 radical (unpaired) electrons. The second-order valence-electron chi connectivity index (χ2n) is 18.1. The first-order chi connectivity index (χ1) is 34.7. The molecule has 1 aromatic heterocycles. The number of para-hydroxylation sites is 1. The molecule has 0 bridgehead atoms. The minimum absolute atomic E-state index is 1.08. The minimum Gasteiger partial charge on any atom is -0.310 e. The number of rotatable bonds is 9. The fourth-order valence-corrected chi connectivity index (χ4v) is 10.6. The van der Waals surface area contributed by atoms with Gasteiger partial charge in [0.1, 0.15) is 0 Å². The van der Waals surface area contributed by atoms with Gasteiger partial charge in [0, 0.05) is 33.5 Å². The molecule has 0 saturated heterocycles. The van der Waals surface area contributed by atoms with Crippen LogP contribution in [0.1, 0.15) is 0 Å². The summed E-state index contributed by atoms with van der Waals surface area (Å²) in [5.41, 5.74) is 18.7. The molecule has 0 spiro atoms. The molecule has 328 valence electrons. The molecule has 13 aromatic rings. The highest BCUT2D eigenvalue weighted by atomic mass is 15.1. The summed E-state index contributed by atoms with van der Waals surface area (Å²) in [6.07, 6.45) is 0. The molecule has 12 aromatic carbocycles. The average molecular weight is 891 g/mol. The van der Waals surface area contributed by atoms with Crippen LogP contribution in [0.5, 0.6) is 0 Å².